The molecule has 2 nitrogen and oxygen atoms in total. The van der Waals surface area contributed by atoms with Gasteiger partial charge in [0.1, 0.15) is 5.69 Å². The highest BCUT2D eigenvalue weighted by atomic mass is 19.2. The first-order valence-corrected chi connectivity index (χ1v) is 6.34. The van der Waals surface area contributed by atoms with Gasteiger partial charge in [0.05, 0.1) is 6.10 Å². The van der Waals surface area contributed by atoms with E-state index in [1.807, 2.05) is 6.92 Å². The van der Waals surface area contributed by atoms with Crippen LogP contribution in [0.1, 0.15) is 19.8 Å². The van der Waals surface area contributed by atoms with Gasteiger partial charge in [-0.2, -0.15) is 0 Å². The van der Waals surface area contributed by atoms with E-state index in [9.17, 15) is 22.0 Å². The fourth-order valence-corrected chi connectivity index (χ4v) is 2.37. The second-order valence-electron chi connectivity index (χ2n) is 4.69. The molecule has 20 heavy (non-hydrogen) atoms. The zero-order valence-electron chi connectivity index (χ0n) is 10.8. The van der Waals surface area contributed by atoms with E-state index < -0.39 is 34.8 Å². The molecule has 1 fully saturated rings. The summed E-state index contributed by atoms with van der Waals surface area (Å²) < 4.78 is 71.2. The van der Waals surface area contributed by atoms with E-state index in [1.54, 1.807) is 0 Å². The second kappa shape index (κ2) is 5.95. The lowest BCUT2D eigenvalue weighted by Gasteiger charge is -2.18. The van der Waals surface area contributed by atoms with Crippen molar-refractivity contribution in [2.24, 2.45) is 5.92 Å². The normalized spacial score (nSPS) is 22.3. The SMILES string of the molecule is CCC1OCCC1CNc1c(F)c(F)c(F)c(F)c1F. The van der Waals surface area contributed by atoms with Crippen LogP contribution in [-0.4, -0.2) is 19.3 Å². The van der Waals surface area contributed by atoms with Crippen molar-refractivity contribution < 1.29 is 26.7 Å². The first kappa shape index (κ1) is 15.0. The molecule has 112 valence electrons. The number of hydrogen-bond donors (Lipinski definition) is 1. The van der Waals surface area contributed by atoms with Gasteiger partial charge in [-0.05, 0) is 12.8 Å². The number of benzene rings is 1. The summed E-state index contributed by atoms with van der Waals surface area (Å²) in [4.78, 5) is 0. The van der Waals surface area contributed by atoms with Crippen LogP contribution in [0, 0.1) is 35.0 Å². The van der Waals surface area contributed by atoms with Crippen LogP contribution >= 0.6 is 0 Å². The zero-order valence-corrected chi connectivity index (χ0v) is 10.8. The molecule has 1 heterocycles. The Bertz CT molecular complexity index is 479. The van der Waals surface area contributed by atoms with Crippen LogP contribution in [0.2, 0.25) is 0 Å². The molecule has 1 aliphatic heterocycles. The largest absolute Gasteiger partial charge is 0.380 e. The van der Waals surface area contributed by atoms with Crippen LogP contribution in [0.15, 0.2) is 0 Å². The molecule has 2 atom stereocenters. The minimum atomic E-state index is -2.15. The predicted octanol–water partition coefficient (Wildman–Crippen LogP) is 3.61. The standard InChI is InChI=1S/C13H14F5NO/c1-2-7-6(3-4-20-7)5-19-13-11(17)9(15)8(14)10(16)12(13)18/h6-7,19H,2-5H2,1H3. The number of halogens is 5. The van der Waals surface area contributed by atoms with E-state index in [0.29, 0.717) is 13.0 Å². The molecule has 2 unspecified atom stereocenters. The number of ether oxygens (including phenoxy) is 1. The fraction of sp³-hybridized carbons (Fsp3) is 0.538. The average molecular weight is 295 g/mol. The van der Waals surface area contributed by atoms with Crippen LogP contribution in [0.3, 0.4) is 0 Å². The average Bonchev–Trinajstić information content (AvgIpc) is 2.90. The second-order valence-corrected chi connectivity index (χ2v) is 4.69. The third kappa shape index (κ3) is 2.59. The Labute approximate surface area is 112 Å². The van der Waals surface area contributed by atoms with Crippen LogP contribution in [0.5, 0.6) is 0 Å². The number of hydrogen-bond acceptors (Lipinski definition) is 2. The molecule has 0 saturated carbocycles. The summed E-state index contributed by atoms with van der Waals surface area (Å²) in [7, 11) is 0. The Hall–Kier alpha value is -1.37. The molecule has 0 amide bonds. The Morgan fingerprint density at radius 3 is 2.10 bits per heavy atom. The molecule has 7 heteroatoms. The van der Waals surface area contributed by atoms with Crippen molar-refractivity contribution in [3.05, 3.63) is 29.1 Å². The molecule has 0 aromatic heterocycles. The quantitative estimate of drug-likeness (QED) is 0.520. The maximum absolute atomic E-state index is 13.4. The van der Waals surface area contributed by atoms with Crippen molar-refractivity contribution in [3.63, 3.8) is 0 Å². The monoisotopic (exact) mass is 295 g/mol. The van der Waals surface area contributed by atoms with Crippen molar-refractivity contribution in [1.29, 1.82) is 0 Å². The van der Waals surface area contributed by atoms with Gasteiger partial charge in [-0.15, -0.1) is 0 Å². The van der Waals surface area contributed by atoms with Crippen LogP contribution in [-0.2, 0) is 4.74 Å². The summed E-state index contributed by atoms with van der Waals surface area (Å²) in [5, 5.41) is 2.32. The number of rotatable bonds is 4. The molecule has 1 aliphatic rings. The lowest BCUT2D eigenvalue weighted by molar-refractivity contribution is 0.0899. The van der Waals surface area contributed by atoms with Gasteiger partial charge in [-0.25, -0.2) is 22.0 Å². The molecular formula is C13H14F5NO. The van der Waals surface area contributed by atoms with Crippen LogP contribution < -0.4 is 5.32 Å². The van der Waals surface area contributed by atoms with E-state index in [0.717, 1.165) is 6.42 Å². The van der Waals surface area contributed by atoms with E-state index in [-0.39, 0.29) is 18.6 Å². The van der Waals surface area contributed by atoms with Crippen molar-refractivity contribution >= 4 is 5.69 Å². The molecular weight excluding hydrogens is 281 g/mol. The summed E-state index contributed by atoms with van der Waals surface area (Å²) in [5.74, 6) is -9.74. The van der Waals surface area contributed by atoms with Gasteiger partial charge in [0.25, 0.3) is 0 Å². The zero-order chi connectivity index (χ0) is 14.9. The number of anilines is 1. The minimum Gasteiger partial charge on any atom is -0.380 e. The summed E-state index contributed by atoms with van der Waals surface area (Å²) in [6.07, 6.45) is 1.34. The summed E-state index contributed by atoms with van der Waals surface area (Å²) in [6.45, 7) is 2.53. The summed E-state index contributed by atoms with van der Waals surface area (Å²) in [5.41, 5.74) is -0.983. The van der Waals surface area contributed by atoms with Gasteiger partial charge in [-0.3, -0.25) is 0 Å². The Morgan fingerprint density at radius 2 is 1.55 bits per heavy atom. The van der Waals surface area contributed by atoms with Gasteiger partial charge in [0, 0.05) is 19.1 Å². The Balaban J connectivity index is 2.18. The topological polar surface area (TPSA) is 21.3 Å². The molecule has 0 bridgehead atoms. The maximum Gasteiger partial charge on any atom is 0.200 e. The molecule has 1 aromatic rings. The lowest BCUT2D eigenvalue weighted by atomic mass is 9.99. The van der Waals surface area contributed by atoms with Gasteiger partial charge < -0.3 is 10.1 Å². The van der Waals surface area contributed by atoms with Gasteiger partial charge in [0.2, 0.25) is 5.82 Å². The highest BCUT2D eigenvalue weighted by Crippen LogP contribution is 2.29. The summed E-state index contributed by atoms with van der Waals surface area (Å²) >= 11 is 0. The first-order valence-electron chi connectivity index (χ1n) is 6.34. The minimum absolute atomic E-state index is 0.0185. The highest BCUT2D eigenvalue weighted by Gasteiger charge is 2.29. The van der Waals surface area contributed by atoms with Crippen molar-refractivity contribution in [2.45, 2.75) is 25.9 Å². The lowest BCUT2D eigenvalue weighted by Crippen LogP contribution is -2.24. The van der Waals surface area contributed by atoms with Gasteiger partial charge in [-0.1, -0.05) is 6.92 Å². The molecule has 0 aliphatic carbocycles. The molecule has 0 spiro atoms. The van der Waals surface area contributed by atoms with Crippen molar-refractivity contribution in [2.75, 3.05) is 18.5 Å². The van der Waals surface area contributed by atoms with Crippen LogP contribution in [0.25, 0.3) is 0 Å². The van der Waals surface area contributed by atoms with E-state index in [1.165, 1.54) is 0 Å². The Morgan fingerprint density at radius 1 is 1.00 bits per heavy atom. The van der Waals surface area contributed by atoms with E-state index in [4.69, 9.17) is 4.74 Å². The third-order valence-corrected chi connectivity index (χ3v) is 3.50. The van der Waals surface area contributed by atoms with Crippen molar-refractivity contribution in [3.8, 4) is 0 Å². The van der Waals surface area contributed by atoms with E-state index in [2.05, 4.69) is 5.32 Å². The molecule has 2 rings (SSSR count). The van der Waals surface area contributed by atoms with Crippen molar-refractivity contribution in [1.82, 2.24) is 0 Å². The maximum atomic E-state index is 13.4. The molecule has 1 aromatic carbocycles. The highest BCUT2D eigenvalue weighted by molar-refractivity contribution is 5.47. The van der Waals surface area contributed by atoms with Crippen LogP contribution in [0.4, 0.5) is 27.6 Å². The first-order chi connectivity index (χ1) is 9.47. The predicted molar refractivity (Wildman–Crippen MR) is 62.9 cm³/mol. The summed E-state index contributed by atoms with van der Waals surface area (Å²) in [6, 6.07) is 0. The van der Waals surface area contributed by atoms with Gasteiger partial charge >= 0.3 is 0 Å². The fourth-order valence-electron chi connectivity index (χ4n) is 2.37. The molecule has 1 saturated heterocycles. The van der Waals surface area contributed by atoms with Gasteiger partial charge in [0.15, 0.2) is 23.3 Å². The Kier molecular flexibility index (Phi) is 4.47. The third-order valence-electron chi connectivity index (χ3n) is 3.50. The van der Waals surface area contributed by atoms with E-state index >= 15 is 0 Å². The number of nitrogens with one attached hydrogen (secondary N) is 1. The smallest absolute Gasteiger partial charge is 0.200 e. The molecule has 1 N–H and O–H groups in total. The molecule has 0 radical (unpaired) electrons.